The van der Waals surface area contributed by atoms with Gasteiger partial charge in [-0.3, -0.25) is 0 Å². The van der Waals surface area contributed by atoms with Gasteiger partial charge in [-0.1, -0.05) is 0 Å². The molecule has 1 aliphatic heterocycles. The molecule has 1 heterocycles. The summed E-state index contributed by atoms with van der Waals surface area (Å²) in [6.45, 7) is 1.99. The number of ether oxygens (including phenoxy) is 1. The van der Waals surface area contributed by atoms with Crippen molar-refractivity contribution in [2.24, 2.45) is 0 Å². The molecule has 1 saturated heterocycles. The molecule has 1 nitrogen and oxygen atoms in total. The summed E-state index contributed by atoms with van der Waals surface area (Å²) in [4.78, 5) is 0. The largest absolute Gasteiger partial charge is 0.381 e. The predicted octanol–water partition coefficient (Wildman–Crippen LogP) is 1.86. The van der Waals surface area contributed by atoms with Gasteiger partial charge in [0.2, 0.25) is 0 Å². The van der Waals surface area contributed by atoms with Crippen molar-refractivity contribution < 1.29 is 4.74 Å². The van der Waals surface area contributed by atoms with Crippen molar-refractivity contribution in [3.05, 3.63) is 0 Å². The maximum atomic E-state index is 5.31. The summed E-state index contributed by atoms with van der Waals surface area (Å²) in [6, 6.07) is 0. The first-order chi connectivity index (χ1) is 4.61. The van der Waals surface area contributed by atoms with Crippen LogP contribution in [0.1, 0.15) is 12.8 Å². The molecule has 0 N–H and O–H groups in total. The highest BCUT2D eigenvalue weighted by molar-refractivity contribution is 8.32. The summed E-state index contributed by atoms with van der Waals surface area (Å²) in [5, 5.41) is 0.959. The highest BCUT2D eigenvalue weighted by Crippen LogP contribution is 2.45. The molecule has 1 rings (SSSR count). The first-order valence-electron chi connectivity index (χ1n) is 3.85. The molecule has 0 aromatic carbocycles. The Balaban J connectivity index is 2.39. The Kier molecular flexibility index (Phi) is 2.64. The van der Waals surface area contributed by atoms with Crippen LogP contribution in [0.25, 0.3) is 0 Å². The van der Waals surface area contributed by atoms with Gasteiger partial charge in [-0.25, -0.2) is 10.0 Å². The molecule has 0 unspecified atom stereocenters. The number of rotatable bonds is 1. The number of hydrogen-bond acceptors (Lipinski definition) is 1. The molecule has 10 heavy (non-hydrogen) atoms. The molecule has 62 valence electrons. The highest BCUT2D eigenvalue weighted by Gasteiger charge is 2.22. The first-order valence-corrected chi connectivity index (χ1v) is 6.78. The fourth-order valence-electron chi connectivity index (χ4n) is 1.38. The van der Waals surface area contributed by atoms with Crippen molar-refractivity contribution in [1.29, 1.82) is 0 Å². The van der Waals surface area contributed by atoms with E-state index in [0.717, 1.165) is 18.5 Å². The van der Waals surface area contributed by atoms with E-state index in [9.17, 15) is 0 Å². The summed E-state index contributed by atoms with van der Waals surface area (Å²) in [6.07, 6.45) is 9.80. The third-order valence-electron chi connectivity index (χ3n) is 2.17. The van der Waals surface area contributed by atoms with Crippen molar-refractivity contribution in [3.8, 4) is 0 Å². The fraction of sp³-hybridized carbons (Fsp3) is 1.00. The molecule has 1 fully saturated rings. The minimum absolute atomic E-state index is 0.306. The highest BCUT2D eigenvalue weighted by atomic mass is 32.3. The molecule has 0 aliphatic carbocycles. The Hall–Kier alpha value is 0.310. The van der Waals surface area contributed by atoms with Gasteiger partial charge in [-0.05, 0) is 36.9 Å². The van der Waals surface area contributed by atoms with E-state index < -0.39 is 0 Å². The van der Waals surface area contributed by atoms with E-state index >= 15 is 0 Å². The summed E-state index contributed by atoms with van der Waals surface area (Å²) >= 11 is 0. The van der Waals surface area contributed by atoms with E-state index in [1.54, 1.807) is 0 Å². The molecule has 0 amide bonds. The Labute approximate surface area is 65.5 Å². The van der Waals surface area contributed by atoms with Gasteiger partial charge in [-0.2, -0.15) is 0 Å². The topological polar surface area (TPSA) is 9.23 Å². The van der Waals surface area contributed by atoms with Gasteiger partial charge < -0.3 is 4.74 Å². The van der Waals surface area contributed by atoms with Crippen LogP contribution in [-0.2, 0) is 4.74 Å². The van der Waals surface area contributed by atoms with Gasteiger partial charge in [0.05, 0.1) is 0 Å². The van der Waals surface area contributed by atoms with E-state index in [4.69, 9.17) is 4.74 Å². The van der Waals surface area contributed by atoms with Crippen LogP contribution in [0.3, 0.4) is 0 Å². The molecule has 0 saturated carbocycles. The lowest BCUT2D eigenvalue weighted by Crippen LogP contribution is -2.24. The second-order valence-electron chi connectivity index (χ2n) is 3.74. The molecular weight excluding hydrogens is 144 g/mol. The van der Waals surface area contributed by atoms with Crippen LogP contribution in [0.2, 0.25) is 0 Å². The quantitative estimate of drug-likeness (QED) is 0.572. The minimum Gasteiger partial charge on any atom is -0.381 e. The van der Waals surface area contributed by atoms with Crippen LogP contribution in [0, 0.1) is 0 Å². The minimum atomic E-state index is -0.306. The fourth-order valence-corrected chi connectivity index (χ4v) is 2.99. The van der Waals surface area contributed by atoms with Crippen molar-refractivity contribution >= 4 is 10.0 Å². The van der Waals surface area contributed by atoms with E-state index in [1.165, 1.54) is 12.8 Å². The van der Waals surface area contributed by atoms with Crippen LogP contribution < -0.4 is 0 Å². The van der Waals surface area contributed by atoms with Crippen LogP contribution in [0.4, 0.5) is 0 Å². The van der Waals surface area contributed by atoms with E-state index in [2.05, 4.69) is 18.8 Å². The van der Waals surface area contributed by atoms with Gasteiger partial charge in [0.25, 0.3) is 0 Å². The lowest BCUT2D eigenvalue weighted by molar-refractivity contribution is 0.0995. The van der Waals surface area contributed by atoms with Gasteiger partial charge >= 0.3 is 0 Å². The molecule has 0 aromatic heterocycles. The van der Waals surface area contributed by atoms with Crippen LogP contribution >= 0.6 is 10.0 Å². The smallest absolute Gasteiger partial charge is 0.0476 e. The predicted molar refractivity (Wildman–Crippen MR) is 49.2 cm³/mol. The average molecular weight is 162 g/mol. The monoisotopic (exact) mass is 162 g/mol. The van der Waals surface area contributed by atoms with E-state index in [0.29, 0.717) is 0 Å². The molecule has 0 bridgehead atoms. The van der Waals surface area contributed by atoms with Crippen molar-refractivity contribution in [3.63, 3.8) is 0 Å². The summed E-state index contributed by atoms with van der Waals surface area (Å²) < 4.78 is 5.31. The van der Waals surface area contributed by atoms with Crippen molar-refractivity contribution in [2.45, 2.75) is 18.1 Å². The van der Waals surface area contributed by atoms with Crippen LogP contribution in [-0.4, -0.2) is 37.2 Å². The van der Waals surface area contributed by atoms with Gasteiger partial charge in [-0.15, -0.1) is 0 Å². The normalized spacial score (nSPS) is 24.7. The van der Waals surface area contributed by atoms with Crippen LogP contribution in [0.5, 0.6) is 0 Å². The van der Waals surface area contributed by atoms with Gasteiger partial charge in [0.15, 0.2) is 0 Å². The van der Waals surface area contributed by atoms with Crippen molar-refractivity contribution in [1.82, 2.24) is 0 Å². The third kappa shape index (κ3) is 2.17. The van der Waals surface area contributed by atoms with Crippen molar-refractivity contribution in [2.75, 3.05) is 32.0 Å². The standard InChI is InChI=1S/C8H18OS/c1-10(2,3)8-4-6-9-7-5-8/h8H,4-7H2,1-3H3. The zero-order chi connectivity index (χ0) is 7.61. The maximum absolute atomic E-state index is 5.31. The lowest BCUT2D eigenvalue weighted by Gasteiger charge is -2.38. The maximum Gasteiger partial charge on any atom is 0.0476 e. The Morgan fingerprint density at radius 2 is 1.60 bits per heavy atom. The molecule has 0 atom stereocenters. The SMILES string of the molecule is CS(C)(C)C1CCOCC1. The van der Waals surface area contributed by atoms with E-state index in [1.807, 2.05) is 0 Å². The van der Waals surface area contributed by atoms with Gasteiger partial charge in [0.1, 0.15) is 0 Å². The third-order valence-corrected chi connectivity index (χ3v) is 4.64. The Morgan fingerprint density at radius 3 is 1.90 bits per heavy atom. The Bertz CT molecular complexity index is 100. The zero-order valence-corrected chi connectivity index (χ0v) is 8.04. The zero-order valence-electron chi connectivity index (χ0n) is 7.22. The number of hydrogen-bond donors (Lipinski definition) is 0. The summed E-state index contributed by atoms with van der Waals surface area (Å²) in [7, 11) is -0.306. The summed E-state index contributed by atoms with van der Waals surface area (Å²) in [5.41, 5.74) is 0. The average Bonchev–Trinajstić information content (AvgIpc) is 1.88. The second kappa shape index (κ2) is 3.14. The van der Waals surface area contributed by atoms with Crippen LogP contribution in [0.15, 0.2) is 0 Å². The molecule has 0 aromatic rings. The summed E-state index contributed by atoms with van der Waals surface area (Å²) in [5.74, 6) is 0. The van der Waals surface area contributed by atoms with E-state index in [-0.39, 0.29) is 10.0 Å². The molecular formula is C8H18OS. The molecule has 1 aliphatic rings. The lowest BCUT2D eigenvalue weighted by atomic mass is 10.2. The molecule has 2 heteroatoms. The molecule has 0 radical (unpaired) electrons. The first kappa shape index (κ1) is 8.41. The van der Waals surface area contributed by atoms with Gasteiger partial charge in [0, 0.05) is 13.2 Å². The Morgan fingerprint density at radius 1 is 1.10 bits per heavy atom. The molecule has 0 spiro atoms. The second-order valence-corrected chi connectivity index (χ2v) is 8.27.